The molecule has 1 aliphatic rings. The van der Waals surface area contributed by atoms with Gasteiger partial charge in [0.25, 0.3) is 0 Å². The molecule has 3 heteroatoms. The van der Waals surface area contributed by atoms with Crippen LogP contribution in [0.3, 0.4) is 0 Å². The molecule has 0 N–H and O–H groups in total. The Kier molecular flexibility index (Phi) is 5.19. The van der Waals surface area contributed by atoms with Crippen LogP contribution in [0.15, 0.2) is 23.8 Å². The second-order valence-electron chi connectivity index (χ2n) is 6.15. The van der Waals surface area contributed by atoms with Crippen LogP contribution in [0, 0.1) is 11.8 Å². The molecule has 0 radical (unpaired) electrons. The zero-order valence-electron chi connectivity index (χ0n) is 13.1. The number of esters is 1. The molecular weight excluding hydrogens is 252 g/mol. The van der Waals surface area contributed by atoms with Gasteiger partial charge < -0.3 is 9.47 Å². The Morgan fingerprint density at radius 1 is 1.35 bits per heavy atom. The van der Waals surface area contributed by atoms with Crippen molar-refractivity contribution in [2.24, 2.45) is 0 Å². The molecule has 0 spiro atoms. The van der Waals surface area contributed by atoms with E-state index in [1.54, 1.807) is 6.92 Å². The molecule has 1 rings (SSSR count). The zero-order chi connectivity index (χ0) is 15.4. The van der Waals surface area contributed by atoms with Crippen molar-refractivity contribution in [1.29, 1.82) is 0 Å². The second-order valence-corrected chi connectivity index (χ2v) is 6.15. The molecule has 0 aromatic carbocycles. The highest BCUT2D eigenvalue weighted by atomic mass is 16.5. The largest absolute Gasteiger partial charge is 0.462 e. The van der Waals surface area contributed by atoms with E-state index < -0.39 is 0 Å². The van der Waals surface area contributed by atoms with Gasteiger partial charge in [0.05, 0.1) is 17.8 Å². The molecule has 1 saturated heterocycles. The molecule has 0 bridgehead atoms. The van der Waals surface area contributed by atoms with Crippen LogP contribution < -0.4 is 0 Å². The Bertz CT molecular complexity index is 466. The molecule has 1 fully saturated rings. The first-order valence-corrected chi connectivity index (χ1v) is 6.92. The SMILES string of the molecule is C=CC#CC(C(=O)OCC)=C1CC(C)(C)OC(C)(C)C1. The topological polar surface area (TPSA) is 35.5 Å². The predicted octanol–water partition coefficient (Wildman–Crippen LogP) is 3.40. The van der Waals surface area contributed by atoms with Crippen LogP contribution in [0.25, 0.3) is 0 Å². The third-order valence-corrected chi connectivity index (χ3v) is 2.96. The van der Waals surface area contributed by atoms with Crippen LogP contribution in [0.4, 0.5) is 0 Å². The third-order valence-electron chi connectivity index (χ3n) is 2.96. The lowest BCUT2D eigenvalue weighted by Crippen LogP contribution is -2.43. The van der Waals surface area contributed by atoms with E-state index in [4.69, 9.17) is 9.47 Å². The molecule has 0 unspecified atom stereocenters. The number of hydrogen-bond acceptors (Lipinski definition) is 3. The van der Waals surface area contributed by atoms with E-state index in [9.17, 15) is 4.79 Å². The lowest BCUT2D eigenvalue weighted by atomic mass is 9.82. The van der Waals surface area contributed by atoms with Crippen LogP contribution in [0.2, 0.25) is 0 Å². The summed E-state index contributed by atoms with van der Waals surface area (Å²) in [5.41, 5.74) is 0.824. The Balaban J connectivity index is 3.25. The fraction of sp³-hybridized carbons (Fsp3) is 0.588. The van der Waals surface area contributed by atoms with Crippen molar-refractivity contribution in [2.75, 3.05) is 6.61 Å². The molecule has 110 valence electrons. The van der Waals surface area contributed by atoms with Crippen molar-refractivity contribution < 1.29 is 14.3 Å². The highest BCUT2D eigenvalue weighted by Crippen LogP contribution is 2.39. The minimum Gasteiger partial charge on any atom is -0.462 e. The van der Waals surface area contributed by atoms with E-state index >= 15 is 0 Å². The van der Waals surface area contributed by atoms with Gasteiger partial charge in [0.1, 0.15) is 5.57 Å². The summed E-state index contributed by atoms with van der Waals surface area (Å²) in [6, 6.07) is 0. The molecule has 0 amide bonds. The lowest BCUT2D eigenvalue weighted by Gasteiger charge is -2.43. The van der Waals surface area contributed by atoms with E-state index in [2.05, 4.69) is 18.4 Å². The van der Waals surface area contributed by atoms with Gasteiger partial charge in [-0.1, -0.05) is 18.4 Å². The van der Waals surface area contributed by atoms with Gasteiger partial charge in [-0.3, -0.25) is 0 Å². The smallest absolute Gasteiger partial charge is 0.346 e. The minimum atomic E-state index is -0.356. The van der Waals surface area contributed by atoms with Crippen molar-refractivity contribution in [3.63, 3.8) is 0 Å². The number of carbonyl (C=O) groups excluding carboxylic acids is 1. The maximum atomic E-state index is 12.1. The minimum absolute atomic E-state index is 0.315. The Morgan fingerprint density at radius 3 is 2.35 bits per heavy atom. The molecule has 1 aliphatic heterocycles. The van der Waals surface area contributed by atoms with Crippen molar-refractivity contribution in [1.82, 2.24) is 0 Å². The van der Waals surface area contributed by atoms with Gasteiger partial charge in [-0.2, -0.15) is 0 Å². The number of rotatable bonds is 2. The van der Waals surface area contributed by atoms with Crippen molar-refractivity contribution in [3.8, 4) is 11.8 Å². The van der Waals surface area contributed by atoms with E-state index in [0.717, 1.165) is 5.57 Å². The Labute approximate surface area is 122 Å². The fourth-order valence-electron chi connectivity index (χ4n) is 2.70. The molecular formula is C17H24O3. The monoisotopic (exact) mass is 276 g/mol. The molecule has 0 atom stereocenters. The first kappa shape index (κ1) is 16.5. The molecule has 0 aromatic heterocycles. The Morgan fingerprint density at radius 2 is 1.90 bits per heavy atom. The summed E-state index contributed by atoms with van der Waals surface area (Å²) >= 11 is 0. The number of hydrogen-bond donors (Lipinski definition) is 0. The average molecular weight is 276 g/mol. The molecule has 0 aromatic rings. The van der Waals surface area contributed by atoms with Crippen LogP contribution >= 0.6 is 0 Å². The summed E-state index contributed by atoms with van der Waals surface area (Å²) in [7, 11) is 0. The highest BCUT2D eigenvalue weighted by Gasteiger charge is 2.38. The average Bonchev–Trinajstić information content (AvgIpc) is 2.25. The molecule has 3 nitrogen and oxygen atoms in total. The van der Waals surface area contributed by atoms with E-state index in [0.29, 0.717) is 25.0 Å². The van der Waals surface area contributed by atoms with Crippen LogP contribution in [-0.2, 0) is 14.3 Å². The summed E-state index contributed by atoms with van der Waals surface area (Å²) in [4.78, 5) is 12.1. The first-order chi connectivity index (χ1) is 9.21. The number of allylic oxidation sites excluding steroid dienone is 1. The van der Waals surface area contributed by atoms with Gasteiger partial charge in [-0.15, -0.1) is 0 Å². The third kappa shape index (κ3) is 4.54. The predicted molar refractivity (Wildman–Crippen MR) is 80.1 cm³/mol. The van der Waals surface area contributed by atoms with Crippen LogP contribution in [-0.4, -0.2) is 23.8 Å². The maximum Gasteiger partial charge on any atom is 0.346 e. The summed E-state index contributed by atoms with van der Waals surface area (Å²) in [5.74, 6) is 5.28. The quantitative estimate of drug-likeness (QED) is 0.440. The lowest BCUT2D eigenvalue weighted by molar-refractivity contribution is -0.142. The summed E-state index contributed by atoms with van der Waals surface area (Å²) < 4.78 is 11.1. The van der Waals surface area contributed by atoms with Gasteiger partial charge in [0.2, 0.25) is 0 Å². The van der Waals surface area contributed by atoms with Gasteiger partial charge in [0, 0.05) is 0 Å². The molecule has 0 aliphatic carbocycles. The number of carbonyl (C=O) groups is 1. The fourth-order valence-corrected chi connectivity index (χ4v) is 2.70. The highest BCUT2D eigenvalue weighted by molar-refractivity contribution is 5.94. The maximum absolute atomic E-state index is 12.1. The van der Waals surface area contributed by atoms with Gasteiger partial charge >= 0.3 is 5.97 Å². The van der Waals surface area contributed by atoms with E-state index in [-0.39, 0.29) is 17.2 Å². The summed E-state index contributed by atoms with van der Waals surface area (Å²) in [6.45, 7) is 13.8. The van der Waals surface area contributed by atoms with Crippen molar-refractivity contribution in [3.05, 3.63) is 23.8 Å². The normalized spacial score (nSPS) is 19.6. The van der Waals surface area contributed by atoms with Crippen molar-refractivity contribution in [2.45, 2.75) is 58.7 Å². The van der Waals surface area contributed by atoms with Gasteiger partial charge in [-0.05, 0) is 59.1 Å². The first-order valence-electron chi connectivity index (χ1n) is 6.92. The molecule has 1 heterocycles. The van der Waals surface area contributed by atoms with Crippen LogP contribution in [0.1, 0.15) is 47.5 Å². The van der Waals surface area contributed by atoms with Crippen molar-refractivity contribution >= 4 is 5.97 Å². The summed E-state index contributed by atoms with van der Waals surface area (Å²) in [6.07, 6.45) is 2.84. The van der Waals surface area contributed by atoms with E-state index in [1.807, 2.05) is 27.7 Å². The molecule has 20 heavy (non-hydrogen) atoms. The molecule has 0 saturated carbocycles. The van der Waals surface area contributed by atoms with Gasteiger partial charge in [0.15, 0.2) is 0 Å². The van der Waals surface area contributed by atoms with Crippen LogP contribution in [0.5, 0.6) is 0 Å². The zero-order valence-corrected chi connectivity index (χ0v) is 13.1. The summed E-state index contributed by atoms with van der Waals surface area (Å²) in [5, 5.41) is 0. The Hall–Kier alpha value is -1.53. The number of ether oxygens (including phenoxy) is 2. The van der Waals surface area contributed by atoms with Gasteiger partial charge in [-0.25, -0.2) is 4.79 Å². The van der Waals surface area contributed by atoms with E-state index in [1.165, 1.54) is 6.08 Å². The standard InChI is InChI=1S/C17H24O3/c1-7-9-10-14(15(18)19-8-2)13-11-16(3,4)20-17(5,6)12-13/h7H,1,8,11-12H2,2-6H3. The second kappa shape index (κ2) is 6.28.